The molecule has 6 nitrogen and oxygen atoms in total. The van der Waals surface area contributed by atoms with Crippen LogP contribution < -0.4 is 10.6 Å². The van der Waals surface area contributed by atoms with E-state index in [1.807, 2.05) is 30.3 Å². The molecule has 1 rings (SSSR count). The number of nitrogens with one attached hydrogen (secondary N) is 2. The quantitative estimate of drug-likeness (QED) is 0.714. The van der Waals surface area contributed by atoms with Crippen LogP contribution in [0, 0.1) is 0 Å². The van der Waals surface area contributed by atoms with Crippen LogP contribution in [0.5, 0.6) is 0 Å². The van der Waals surface area contributed by atoms with Crippen LogP contribution >= 0.6 is 0 Å². The summed E-state index contributed by atoms with van der Waals surface area (Å²) in [5.41, 5.74) is 0.834. The summed E-state index contributed by atoms with van der Waals surface area (Å²) in [6.45, 7) is 5.22. The number of benzene rings is 1. The van der Waals surface area contributed by atoms with E-state index in [1.165, 1.54) is 6.92 Å². The molecule has 0 bridgehead atoms. The molecule has 0 saturated heterocycles. The van der Waals surface area contributed by atoms with Gasteiger partial charge >= 0.3 is 5.97 Å². The fourth-order valence-corrected chi connectivity index (χ4v) is 2.03. The summed E-state index contributed by atoms with van der Waals surface area (Å²) in [4.78, 5) is 34.7. The van der Waals surface area contributed by atoms with Gasteiger partial charge in [-0.25, -0.2) is 0 Å². The van der Waals surface area contributed by atoms with Crippen molar-refractivity contribution in [2.24, 2.45) is 0 Å². The molecule has 126 valence electrons. The van der Waals surface area contributed by atoms with Gasteiger partial charge in [0.15, 0.2) is 0 Å². The first-order chi connectivity index (χ1) is 10.9. The van der Waals surface area contributed by atoms with E-state index in [2.05, 4.69) is 10.6 Å². The van der Waals surface area contributed by atoms with E-state index in [4.69, 9.17) is 4.74 Å². The molecule has 0 radical (unpaired) electrons. The Morgan fingerprint density at radius 3 is 2.35 bits per heavy atom. The Balaban J connectivity index is 2.66. The summed E-state index contributed by atoms with van der Waals surface area (Å²) < 4.78 is 5.15. The molecular formula is C17H24N2O4. The normalized spacial score (nSPS) is 11.7. The highest BCUT2D eigenvalue weighted by atomic mass is 16.5. The SMILES string of the molecule is CC(=O)NCCC(=O)NC(CC(=O)OC(C)C)c1ccccc1. The van der Waals surface area contributed by atoms with E-state index < -0.39 is 6.04 Å². The van der Waals surface area contributed by atoms with Gasteiger partial charge in [0, 0.05) is 19.9 Å². The molecule has 23 heavy (non-hydrogen) atoms. The first kappa shape index (κ1) is 18.7. The maximum absolute atomic E-state index is 12.0. The summed E-state index contributed by atoms with van der Waals surface area (Å²) >= 11 is 0. The second-order valence-corrected chi connectivity index (χ2v) is 5.51. The Kier molecular flexibility index (Phi) is 7.80. The van der Waals surface area contributed by atoms with E-state index in [1.54, 1.807) is 13.8 Å². The minimum atomic E-state index is -0.452. The highest BCUT2D eigenvalue weighted by Crippen LogP contribution is 2.17. The van der Waals surface area contributed by atoms with E-state index in [0.717, 1.165) is 5.56 Å². The third kappa shape index (κ3) is 7.99. The average molecular weight is 320 g/mol. The summed E-state index contributed by atoms with van der Waals surface area (Å²) in [6.07, 6.45) is 0.0188. The predicted molar refractivity (Wildman–Crippen MR) is 86.5 cm³/mol. The summed E-state index contributed by atoms with van der Waals surface area (Å²) in [5.74, 6) is -0.779. The summed E-state index contributed by atoms with van der Waals surface area (Å²) in [5, 5.41) is 5.39. The minimum absolute atomic E-state index is 0.0636. The van der Waals surface area contributed by atoms with Crippen LogP contribution in [0.1, 0.15) is 45.2 Å². The molecule has 2 N–H and O–H groups in total. The molecule has 1 aromatic rings. The van der Waals surface area contributed by atoms with Crippen LogP contribution in [0.2, 0.25) is 0 Å². The zero-order valence-corrected chi connectivity index (χ0v) is 13.8. The number of carbonyl (C=O) groups excluding carboxylic acids is 3. The Morgan fingerprint density at radius 1 is 1.13 bits per heavy atom. The van der Waals surface area contributed by atoms with Crippen molar-refractivity contribution in [2.45, 2.75) is 45.8 Å². The summed E-state index contributed by atoms with van der Waals surface area (Å²) in [6, 6.07) is 8.81. The zero-order chi connectivity index (χ0) is 17.2. The molecule has 2 amide bonds. The van der Waals surface area contributed by atoms with Crippen molar-refractivity contribution in [1.82, 2.24) is 10.6 Å². The molecule has 0 aromatic heterocycles. The van der Waals surface area contributed by atoms with E-state index >= 15 is 0 Å². The molecule has 1 aromatic carbocycles. The smallest absolute Gasteiger partial charge is 0.308 e. The molecule has 0 heterocycles. The van der Waals surface area contributed by atoms with Gasteiger partial charge in [-0.2, -0.15) is 0 Å². The second kappa shape index (κ2) is 9.61. The van der Waals surface area contributed by atoms with Crippen molar-refractivity contribution < 1.29 is 19.1 Å². The molecule has 0 aliphatic rings. The first-order valence-corrected chi connectivity index (χ1v) is 7.66. The number of ether oxygens (including phenoxy) is 1. The fourth-order valence-electron chi connectivity index (χ4n) is 2.03. The van der Waals surface area contributed by atoms with Crippen LogP contribution in [-0.4, -0.2) is 30.4 Å². The van der Waals surface area contributed by atoms with E-state index in [-0.39, 0.29) is 43.3 Å². The lowest BCUT2D eigenvalue weighted by atomic mass is 10.0. The molecular weight excluding hydrogens is 296 g/mol. The van der Waals surface area contributed by atoms with Crippen LogP contribution in [-0.2, 0) is 19.1 Å². The van der Waals surface area contributed by atoms with Gasteiger partial charge in [0.2, 0.25) is 11.8 Å². The zero-order valence-electron chi connectivity index (χ0n) is 13.8. The lowest BCUT2D eigenvalue weighted by Gasteiger charge is -2.19. The van der Waals surface area contributed by atoms with Crippen LogP contribution in [0.3, 0.4) is 0 Å². The van der Waals surface area contributed by atoms with Crippen molar-refractivity contribution in [3.63, 3.8) is 0 Å². The lowest BCUT2D eigenvalue weighted by molar-refractivity contribution is -0.148. The number of hydrogen-bond acceptors (Lipinski definition) is 4. The van der Waals surface area contributed by atoms with Gasteiger partial charge in [0.1, 0.15) is 0 Å². The Morgan fingerprint density at radius 2 is 1.78 bits per heavy atom. The largest absolute Gasteiger partial charge is 0.463 e. The average Bonchev–Trinajstić information content (AvgIpc) is 2.46. The van der Waals surface area contributed by atoms with Crippen molar-refractivity contribution in [3.8, 4) is 0 Å². The minimum Gasteiger partial charge on any atom is -0.463 e. The standard InChI is InChI=1S/C17H24N2O4/c1-12(2)23-17(22)11-15(14-7-5-4-6-8-14)19-16(21)9-10-18-13(3)20/h4-8,12,15H,9-11H2,1-3H3,(H,18,20)(H,19,21). The van der Waals surface area contributed by atoms with Gasteiger partial charge in [-0.1, -0.05) is 30.3 Å². The Hall–Kier alpha value is -2.37. The third-order valence-corrected chi connectivity index (χ3v) is 3.00. The highest BCUT2D eigenvalue weighted by molar-refractivity contribution is 5.79. The molecule has 0 aliphatic carbocycles. The number of hydrogen-bond donors (Lipinski definition) is 2. The predicted octanol–water partition coefficient (Wildman–Crippen LogP) is 1.71. The molecule has 0 saturated carbocycles. The second-order valence-electron chi connectivity index (χ2n) is 5.51. The maximum atomic E-state index is 12.0. The Bertz CT molecular complexity index is 529. The number of esters is 1. The van der Waals surface area contributed by atoms with Gasteiger partial charge in [-0.15, -0.1) is 0 Å². The number of rotatable bonds is 8. The third-order valence-electron chi connectivity index (χ3n) is 3.00. The van der Waals surface area contributed by atoms with Gasteiger partial charge in [-0.3, -0.25) is 14.4 Å². The fraction of sp³-hybridized carbons (Fsp3) is 0.471. The molecule has 6 heteroatoms. The monoisotopic (exact) mass is 320 g/mol. The van der Waals surface area contributed by atoms with Crippen LogP contribution in [0.25, 0.3) is 0 Å². The summed E-state index contributed by atoms with van der Waals surface area (Å²) in [7, 11) is 0. The van der Waals surface area contributed by atoms with Crippen molar-refractivity contribution in [1.29, 1.82) is 0 Å². The van der Waals surface area contributed by atoms with E-state index in [9.17, 15) is 14.4 Å². The van der Waals surface area contributed by atoms with Gasteiger partial charge in [-0.05, 0) is 19.4 Å². The molecule has 0 spiro atoms. The Labute approximate surface area is 136 Å². The molecule has 1 atom stereocenters. The maximum Gasteiger partial charge on any atom is 0.308 e. The van der Waals surface area contributed by atoms with Crippen LogP contribution in [0.4, 0.5) is 0 Å². The number of amides is 2. The van der Waals surface area contributed by atoms with E-state index in [0.29, 0.717) is 0 Å². The lowest BCUT2D eigenvalue weighted by Crippen LogP contribution is -2.33. The van der Waals surface area contributed by atoms with Crippen molar-refractivity contribution >= 4 is 17.8 Å². The molecule has 0 fully saturated rings. The van der Waals surface area contributed by atoms with Crippen molar-refractivity contribution in [2.75, 3.05) is 6.54 Å². The molecule has 1 unspecified atom stereocenters. The van der Waals surface area contributed by atoms with Gasteiger partial charge < -0.3 is 15.4 Å². The van der Waals surface area contributed by atoms with Crippen molar-refractivity contribution in [3.05, 3.63) is 35.9 Å². The molecule has 0 aliphatic heterocycles. The van der Waals surface area contributed by atoms with Gasteiger partial charge in [0.25, 0.3) is 0 Å². The number of carbonyl (C=O) groups is 3. The highest BCUT2D eigenvalue weighted by Gasteiger charge is 2.19. The first-order valence-electron chi connectivity index (χ1n) is 7.66. The topological polar surface area (TPSA) is 84.5 Å². The van der Waals surface area contributed by atoms with Gasteiger partial charge in [0.05, 0.1) is 18.6 Å². The van der Waals surface area contributed by atoms with Crippen LogP contribution in [0.15, 0.2) is 30.3 Å².